The lowest BCUT2D eigenvalue weighted by Crippen LogP contribution is -2.36. The van der Waals surface area contributed by atoms with Gasteiger partial charge in [0.25, 0.3) is 0 Å². The van der Waals surface area contributed by atoms with Crippen LogP contribution in [0.5, 0.6) is 0 Å². The topological polar surface area (TPSA) is 87.5 Å². The molecule has 1 aromatic rings. The third-order valence-corrected chi connectivity index (χ3v) is 4.35. The maximum Gasteiger partial charge on any atom is 0.321 e. The summed E-state index contributed by atoms with van der Waals surface area (Å²) in [6, 6.07) is 7.49. The average Bonchev–Trinajstić information content (AvgIpc) is 2.47. The fourth-order valence-corrected chi connectivity index (χ4v) is 3.02. The van der Waals surface area contributed by atoms with Gasteiger partial charge in [0.1, 0.15) is 6.54 Å². The zero-order valence-electron chi connectivity index (χ0n) is 11.7. The van der Waals surface area contributed by atoms with E-state index in [1.807, 2.05) is 6.07 Å². The normalized spacial score (nSPS) is 10.9. The summed E-state index contributed by atoms with van der Waals surface area (Å²) in [5, 5.41) is 8.84. The summed E-state index contributed by atoms with van der Waals surface area (Å²) >= 11 is 0. The molecule has 6 nitrogen and oxygen atoms in total. The summed E-state index contributed by atoms with van der Waals surface area (Å²) in [4.78, 5) is 11.5. The van der Waals surface area contributed by atoms with E-state index in [1.165, 1.54) is 30.3 Å². The van der Waals surface area contributed by atoms with Crippen LogP contribution >= 0.6 is 0 Å². The smallest absolute Gasteiger partial charge is 0.321 e. The van der Waals surface area contributed by atoms with Gasteiger partial charge in [0.05, 0.1) is 23.1 Å². The zero-order chi connectivity index (χ0) is 15.9. The number of esters is 1. The number of ether oxygens (including phenoxy) is 1. The Kier molecular flexibility index (Phi) is 6.09. The molecule has 112 valence electrons. The van der Waals surface area contributed by atoms with Crippen LogP contribution in [0.4, 0.5) is 0 Å². The molecule has 21 heavy (non-hydrogen) atoms. The van der Waals surface area contributed by atoms with Gasteiger partial charge in [-0.3, -0.25) is 4.79 Å². The van der Waals surface area contributed by atoms with E-state index >= 15 is 0 Å². The first-order valence-corrected chi connectivity index (χ1v) is 7.66. The monoisotopic (exact) mass is 308 g/mol. The molecule has 0 unspecified atom stereocenters. The molecule has 0 aliphatic carbocycles. The molecule has 0 aromatic heterocycles. The Balaban J connectivity index is 3.12. The van der Waals surface area contributed by atoms with Gasteiger partial charge in [-0.1, -0.05) is 12.1 Å². The second-order valence-electron chi connectivity index (χ2n) is 4.03. The van der Waals surface area contributed by atoms with Gasteiger partial charge < -0.3 is 4.74 Å². The van der Waals surface area contributed by atoms with Gasteiger partial charge in [-0.15, -0.1) is 6.58 Å². The molecule has 0 aliphatic rings. The molecule has 0 bridgehead atoms. The fraction of sp³-hybridized carbons (Fsp3) is 0.286. The molecule has 1 aromatic carbocycles. The number of sulfonamides is 1. The minimum atomic E-state index is -3.90. The van der Waals surface area contributed by atoms with Crippen molar-refractivity contribution in [3.05, 3.63) is 42.5 Å². The molecule has 0 amide bonds. The van der Waals surface area contributed by atoms with E-state index in [1.54, 1.807) is 6.92 Å². The van der Waals surface area contributed by atoms with Gasteiger partial charge in [-0.25, -0.2) is 8.42 Å². The highest BCUT2D eigenvalue weighted by Crippen LogP contribution is 2.17. The van der Waals surface area contributed by atoms with E-state index in [9.17, 15) is 13.2 Å². The summed E-state index contributed by atoms with van der Waals surface area (Å²) in [5.74, 6) is -0.639. The van der Waals surface area contributed by atoms with Gasteiger partial charge in [0.15, 0.2) is 0 Å². The van der Waals surface area contributed by atoms with Crippen LogP contribution in [0.2, 0.25) is 0 Å². The number of hydrogen-bond acceptors (Lipinski definition) is 5. The molecule has 0 atom stereocenters. The van der Waals surface area contributed by atoms with Gasteiger partial charge >= 0.3 is 5.97 Å². The highest BCUT2D eigenvalue weighted by Gasteiger charge is 2.26. The molecule has 0 radical (unpaired) electrons. The predicted octanol–water partition coefficient (Wildman–Crippen LogP) is 1.30. The second-order valence-corrected chi connectivity index (χ2v) is 5.97. The molecule has 0 spiro atoms. The van der Waals surface area contributed by atoms with Gasteiger partial charge in [0.2, 0.25) is 10.0 Å². The van der Waals surface area contributed by atoms with Crippen molar-refractivity contribution in [1.82, 2.24) is 4.31 Å². The quantitative estimate of drug-likeness (QED) is 0.559. The van der Waals surface area contributed by atoms with Crippen molar-refractivity contribution in [2.24, 2.45) is 0 Å². The zero-order valence-corrected chi connectivity index (χ0v) is 12.5. The summed E-state index contributed by atoms with van der Waals surface area (Å²) in [7, 11) is -3.90. The molecule has 0 saturated carbocycles. The van der Waals surface area contributed by atoms with Gasteiger partial charge in [-0.05, 0) is 25.1 Å². The van der Waals surface area contributed by atoms with Crippen LogP contribution < -0.4 is 0 Å². The van der Waals surface area contributed by atoms with Crippen LogP contribution in [0.1, 0.15) is 12.5 Å². The van der Waals surface area contributed by atoms with E-state index in [0.717, 1.165) is 4.31 Å². The Bertz CT molecular complexity index is 662. The lowest BCUT2D eigenvalue weighted by Gasteiger charge is -2.19. The molecule has 7 heteroatoms. The van der Waals surface area contributed by atoms with Gasteiger partial charge in [0, 0.05) is 6.54 Å². The van der Waals surface area contributed by atoms with Crippen molar-refractivity contribution in [1.29, 1.82) is 5.26 Å². The highest BCUT2D eigenvalue weighted by atomic mass is 32.2. The third-order valence-electron chi connectivity index (χ3n) is 2.54. The molecule has 0 aliphatic heterocycles. The number of hydrogen-bond donors (Lipinski definition) is 0. The minimum Gasteiger partial charge on any atom is -0.465 e. The maximum absolute atomic E-state index is 12.5. The molecule has 0 fully saturated rings. The van der Waals surface area contributed by atoms with E-state index in [2.05, 4.69) is 6.58 Å². The Morgan fingerprint density at radius 2 is 2.24 bits per heavy atom. The van der Waals surface area contributed by atoms with Gasteiger partial charge in [-0.2, -0.15) is 9.57 Å². The Hall–Kier alpha value is -2.17. The van der Waals surface area contributed by atoms with E-state index in [0.29, 0.717) is 0 Å². The summed E-state index contributed by atoms with van der Waals surface area (Å²) in [6.07, 6.45) is 1.38. The lowest BCUT2D eigenvalue weighted by atomic mass is 10.2. The molecule has 0 saturated heterocycles. The molecule has 1 rings (SSSR count). The van der Waals surface area contributed by atoms with E-state index in [-0.39, 0.29) is 23.6 Å². The average molecular weight is 308 g/mol. The molecular weight excluding hydrogens is 292 g/mol. The predicted molar refractivity (Wildman–Crippen MR) is 76.7 cm³/mol. The van der Waals surface area contributed by atoms with Crippen molar-refractivity contribution in [2.45, 2.75) is 11.8 Å². The van der Waals surface area contributed by atoms with Crippen LogP contribution in [0.25, 0.3) is 0 Å². The molecule has 0 heterocycles. The molecule has 0 N–H and O–H groups in total. The number of nitriles is 1. The second kappa shape index (κ2) is 7.57. The van der Waals surface area contributed by atoms with Crippen molar-refractivity contribution in [2.75, 3.05) is 19.7 Å². The summed E-state index contributed by atoms with van der Waals surface area (Å²) in [5.41, 5.74) is 0.228. The van der Waals surface area contributed by atoms with Crippen LogP contribution in [0.3, 0.4) is 0 Å². The van der Waals surface area contributed by atoms with Crippen molar-refractivity contribution >= 4 is 16.0 Å². The maximum atomic E-state index is 12.5. The number of nitrogens with zero attached hydrogens (tertiary/aromatic N) is 2. The molecular formula is C14H16N2O4S. The van der Waals surface area contributed by atoms with Crippen molar-refractivity contribution in [3.8, 4) is 6.07 Å². The van der Waals surface area contributed by atoms with Crippen LogP contribution in [0.15, 0.2) is 41.8 Å². The van der Waals surface area contributed by atoms with Crippen molar-refractivity contribution in [3.63, 3.8) is 0 Å². The van der Waals surface area contributed by atoms with Crippen LogP contribution in [0, 0.1) is 11.3 Å². The third kappa shape index (κ3) is 4.41. The van der Waals surface area contributed by atoms with E-state index < -0.39 is 22.5 Å². The first kappa shape index (κ1) is 16.9. The number of carbonyl (C=O) groups excluding carboxylic acids is 1. The number of benzene rings is 1. The largest absolute Gasteiger partial charge is 0.465 e. The first-order chi connectivity index (χ1) is 9.95. The summed E-state index contributed by atoms with van der Waals surface area (Å²) in [6.45, 7) is 4.86. The Morgan fingerprint density at radius 1 is 1.52 bits per heavy atom. The Morgan fingerprint density at radius 3 is 2.81 bits per heavy atom. The SMILES string of the molecule is C=CCN(CC(=O)OCC)S(=O)(=O)c1cccc(C#N)c1. The minimum absolute atomic E-state index is 0.0298. The first-order valence-electron chi connectivity index (χ1n) is 6.22. The summed E-state index contributed by atoms with van der Waals surface area (Å²) < 4.78 is 30.7. The Labute approximate surface area is 124 Å². The van der Waals surface area contributed by atoms with E-state index in [4.69, 9.17) is 10.00 Å². The standard InChI is InChI=1S/C14H16N2O4S/c1-3-8-16(11-14(17)20-4-2)21(18,19)13-7-5-6-12(9-13)10-15/h3,5-7,9H,1,4,8,11H2,2H3. The van der Waals surface area contributed by atoms with Crippen molar-refractivity contribution < 1.29 is 17.9 Å². The fourth-order valence-electron chi connectivity index (χ4n) is 1.62. The number of carbonyl (C=O) groups is 1. The van der Waals surface area contributed by atoms with Crippen LogP contribution in [-0.4, -0.2) is 38.4 Å². The highest BCUT2D eigenvalue weighted by molar-refractivity contribution is 7.89. The van der Waals surface area contributed by atoms with Crippen LogP contribution in [-0.2, 0) is 19.6 Å². The lowest BCUT2D eigenvalue weighted by molar-refractivity contribution is -0.143. The number of rotatable bonds is 7.